The molecule has 0 spiro atoms. The van der Waals surface area contributed by atoms with E-state index < -0.39 is 11.9 Å². The summed E-state index contributed by atoms with van der Waals surface area (Å²) < 4.78 is 0. The molecule has 96 valence electrons. The fourth-order valence-electron chi connectivity index (χ4n) is 1.77. The van der Waals surface area contributed by atoms with E-state index in [1.165, 1.54) is 36.2 Å². The van der Waals surface area contributed by atoms with Gasteiger partial charge in [0.05, 0.1) is 11.1 Å². The quantitative estimate of drug-likeness (QED) is 0.739. The van der Waals surface area contributed by atoms with E-state index >= 15 is 0 Å². The van der Waals surface area contributed by atoms with Gasteiger partial charge >= 0.3 is 11.9 Å². The third-order valence-electron chi connectivity index (χ3n) is 2.91. The lowest BCUT2D eigenvalue weighted by Crippen LogP contribution is -2.06. The number of carboxylic acids is 2. The van der Waals surface area contributed by atoms with Crippen molar-refractivity contribution in [3.63, 3.8) is 0 Å². The standard InChI is InChI=1S/C9H8O4.C6H4/c1-5-6(8(10)11)3-2-4-7(5)9(12)13;1-2-5-4-6(5)3-1/h2-4H,1H3,(H,10,11)(H,12,13);1-4H. The number of carboxylic acid groups (broad SMARTS) is 2. The van der Waals surface area contributed by atoms with E-state index in [9.17, 15) is 9.59 Å². The molecular weight excluding hydrogens is 244 g/mol. The third-order valence-corrected chi connectivity index (χ3v) is 2.91. The average molecular weight is 256 g/mol. The smallest absolute Gasteiger partial charge is 0.335 e. The summed E-state index contributed by atoms with van der Waals surface area (Å²) in [7, 11) is 0. The van der Waals surface area contributed by atoms with Crippen molar-refractivity contribution in [2.75, 3.05) is 0 Å². The Morgan fingerprint density at radius 2 is 1.26 bits per heavy atom. The summed E-state index contributed by atoms with van der Waals surface area (Å²) >= 11 is 0. The number of rotatable bonds is 2. The van der Waals surface area contributed by atoms with Crippen LogP contribution in [0.1, 0.15) is 26.3 Å². The first-order valence-corrected chi connectivity index (χ1v) is 5.67. The van der Waals surface area contributed by atoms with Crippen LogP contribution in [-0.2, 0) is 0 Å². The lowest BCUT2D eigenvalue weighted by atomic mass is 10.0. The first-order chi connectivity index (χ1) is 9.00. The van der Waals surface area contributed by atoms with E-state index in [1.54, 1.807) is 0 Å². The number of aromatic carboxylic acids is 2. The second-order valence-electron chi connectivity index (χ2n) is 4.17. The number of benzene rings is 2. The molecule has 2 N–H and O–H groups in total. The van der Waals surface area contributed by atoms with Crippen molar-refractivity contribution in [3.05, 3.63) is 59.2 Å². The summed E-state index contributed by atoms with van der Waals surface area (Å²) in [5.74, 6) is -2.22. The Morgan fingerprint density at radius 1 is 0.842 bits per heavy atom. The maximum Gasteiger partial charge on any atom is 0.335 e. The van der Waals surface area contributed by atoms with E-state index in [1.807, 2.05) is 0 Å². The van der Waals surface area contributed by atoms with Crippen molar-refractivity contribution in [2.45, 2.75) is 6.92 Å². The average Bonchev–Trinajstić information content (AvgIpc) is 2.96. The number of hydrogen-bond acceptors (Lipinski definition) is 2. The number of fused-ring (bicyclic) bond motifs is 1. The Kier molecular flexibility index (Phi) is 3.33. The minimum absolute atomic E-state index is 0.0277. The fraction of sp³-hybridized carbons (Fsp3) is 0.0667. The van der Waals surface area contributed by atoms with Gasteiger partial charge < -0.3 is 10.2 Å². The van der Waals surface area contributed by atoms with E-state index in [4.69, 9.17) is 10.2 Å². The lowest BCUT2D eigenvalue weighted by Gasteiger charge is -2.03. The molecule has 1 aromatic carbocycles. The topological polar surface area (TPSA) is 74.6 Å². The molecule has 0 amide bonds. The van der Waals surface area contributed by atoms with Crippen molar-refractivity contribution < 1.29 is 19.8 Å². The van der Waals surface area contributed by atoms with Gasteiger partial charge in [-0.05, 0) is 41.8 Å². The zero-order valence-corrected chi connectivity index (χ0v) is 10.3. The highest BCUT2D eigenvalue weighted by Crippen LogP contribution is 2.32. The normalized spacial score (nSPS) is 10.2. The summed E-state index contributed by atoms with van der Waals surface area (Å²) in [4.78, 5) is 21.2. The summed E-state index contributed by atoms with van der Waals surface area (Å²) in [6.07, 6.45) is 0. The molecule has 0 bridgehead atoms. The Hall–Kier alpha value is -2.62. The number of hydrogen-bond donors (Lipinski definition) is 2. The molecule has 0 radical (unpaired) electrons. The predicted molar refractivity (Wildman–Crippen MR) is 70.5 cm³/mol. The van der Waals surface area contributed by atoms with Gasteiger partial charge in [0.1, 0.15) is 0 Å². The Balaban J connectivity index is 0.000000180. The molecule has 4 heteroatoms. The van der Waals surface area contributed by atoms with Gasteiger partial charge in [-0.1, -0.05) is 24.3 Å². The summed E-state index contributed by atoms with van der Waals surface area (Å²) in [5.41, 5.74) is 3.19. The zero-order valence-electron chi connectivity index (χ0n) is 10.3. The van der Waals surface area contributed by atoms with Gasteiger partial charge in [0, 0.05) is 0 Å². The van der Waals surface area contributed by atoms with Crippen LogP contribution in [0.2, 0.25) is 0 Å². The van der Waals surface area contributed by atoms with E-state index in [0.717, 1.165) is 0 Å². The molecular formula is C15H12O4. The molecule has 0 aliphatic heterocycles. The first kappa shape index (κ1) is 12.8. The molecule has 19 heavy (non-hydrogen) atoms. The van der Waals surface area contributed by atoms with Crippen molar-refractivity contribution >= 4 is 11.9 Å². The van der Waals surface area contributed by atoms with E-state index in [2.05, 4.69) is 24.3 Å². The second kappa shape index (κ2) is 4.94. The van der Waals surface area contributed by atoms with E-state index in [0.29, 0.717) is 0 Å². The Bertz CT molecular complexity index is 609. The molecule has 3 rings (SSSR count). The van der Waals surface area contributed by atoms with Crippen LogP contribution in [0.4, 0.5) is 0 Å². The van der Waals surface area contributed by atoms with Crippen LogP contribution in [0.5, 0.6) is 0 Å². The van der Waals surface area contributed by atoms with Crippen LogP contribution < -0.4 is 0 Å². The molecule has 0 saturated heterocycles. The second-order valence-corrected chi connectivity index (χ2v) is 4.17. The molecule has 1 aromatic rings. The van der Waals surface area contributed by atoms with Crippen molar-refractivity contribution in [1.82, 2.24) is 0 Å². The van der Waals surface area contributed by atoms with Crippen LogP contribution in [0.3, 0.4) is 0 Å². The molecule has 0 fully saturated rings. The van der Waals surface area contributed by atoms with Crippen LogP contribution in [0.25, 0.3) is 11.1 Å². The molecule has 0 saturated carbocycles. The molecule has 4 nitrogen and oxygen atoms in total. The molecule has 0 aromatic heterocycles. The monoisotopic (exact) mass is 256 g/mol. The van der Waals surface area contributed by atoms with Crippen LogP contribution in [0, 0.1) is 6.92 Å². The summed E-state index contributed by atoms with van der Waals surface area (Å²) in [6.45, 7) is 1.48. The highest BCUT2D eigenvalue weighted by Gasteiger charge is 2.13. The molecule has 2 aliphatic carbocycles. The maximum atomic E-state index is 10.6. The van der Waals surface area contributed by atoms with Gasteiger partial charge in [0.15, 0.2) is 0 Å². The van der Waals surface area contributed by atoms with E-state index in [-0.39, 0.29) is 16.7 Å². The Morgan fingerprint density at radius 3 is 1.53 bits per heavy atom. The molecule has 2 aliphatic rings. The van der Waals surface area contributed by atoms with Crippen LogP contribution in [-0.4, -0.2) is 22.2 Å². The van der Waals surface area contributed by atoms with Gasteiger partial charge in [-0.2, -0.15) is 0 Å². The zero-order chi connectivity index (χ0) is 14.0. The maximum absolute atomic E-state index is 10.6. The largest absolute Gasteiger partial charge is 0.478 e. The molecule has 0 atom stereocenters. The highest BCUT2D eigenvalue weighted by molar-refractivity contribution is 5.96. The SMILES string of the molecule is Cc1c(C(=O)O)cccc1C(=O)O.c1cc2cc-2c1. The first-order valence-electron chi connectivity index (χ1n) is 5.67. The van der Waals surface area contributed by atoms with Gasteiger partial charge in [-0.25, -0.2) is 9.59 Å². The van der Waals surface area contributed by atoms with Gasteiger partial charge in [-0.15, -0.1) is 0 Å². The summed E-state index contributed by atoms with van der Waals surface area (Å²) in [6, 6.07) is 12.7. The van der Waals surface area contributed by atoms with Gasteiger partial charge in [0.2, 0.25) is 0 Å². The molecule has 0 heterocycles. The third kappa shape index (κ3) is 2.80. The highest BCUT2D eigenvalue weighted by atomic mass is 16.4. The molecule has 0 unspecified atom stereocenters. The van der Waals surface area contributed by atoms with Crippen LogP contribution in [0.15, 0.2) is 42.5 Å². The minimum Gasteiger partial charge on any atom is -0.478 e. The predicted octanol–water partition coefficient (Wildman–Crippen LogP) is 3.06. The minimum atomic E-state index is -1.11. The van der Waals surface area contributed by atoms with Crippen molar-refractivity contribution in [2.24, 2.45) is 0 Å². The lowest BCUT2D eigenvalue weighted by molar-refractivity contribution is 0.0696. The van der Waals surface area contributed by atoms with Crippen LogP contribution >= 0.6 is 0 Å². The van der Waals surface area contributed by atoms with Crippen molar-refractivity contribution in [1.29, 1.82) is 0 Å². The van der Waals surface area contributed by atoms with Crippen molar-refractivity contribution in [3.8, 4) is 11.1 Å². The van der Waals surface area contributed by atoms with Gasteiger partial charge in [0.25, 0.3) is 0 Å². The Labute approximate surface area is 109 Å². The van der Waals surface area contributed by atoms with Gasteiger partial charge in [-0.3, -0.25) is 0 Å². The fourth-order valence-corrected chi connectivity index (χ4v) is 1.77. The summed E-state index contributed by atoms with van der Waals surface area (Å²) in [5, 5.41) is 17.4. The number of carbonyl (C=O) groups is 2.